The first-order chi connectivity index (χ1) is 17.9. The van der Waals surface area contributed by atoms with Crippen molar-refractivity contribution in [2.75, 3.05) is 0 Å². The largest absolute Gasteiger partial charge is 0.478 e. The van der Waals surface area contributed by atoms with E-state index >= 15 is 0 Å². The number of aryl methyl sites for hydroxylation is 2. The SMILES string of the molecule is CCCCCCc1nc(-c2ccccc2C(F)(F)F)sc1CC=Cc1ccc(OC(C)(C)C(=O)O)c(C)c1. The van der Waals surface area contributed by atoms with Gasteiger partial charge in [0.05, 0.1) is 11.3 Å². The fourth-order valence-electron chi connectivity index (χ4n) is 4.00. The van der Waals surface area contributed by atoms with E-state index in [1.165, 1.54) is 37.3 Å². The van der Waals surface area contributed by atoms with Gasteiger partial charge in [-0.1, -0.05) is 62.6 Å². The molecule has 0 saturated heterocycles. The predicted octanol–water partition coefficient (Wildman–Crippen LogP) is 8.76. The van der Waals surface area contributed by atoms with Gasteiger partial charge < -0.3 is 9.84 Å². The molecule has 8 heteroatoms. The molecule has 0 amide bonds. The van der Waals surface area contributed by atoms with E-state index in [0.29, 0.717) is 17.2 Å². The molecule has 0 radical (unpaired) electrons. The van der Waals surface area contributed by atoms with Crippen molar-refractivity contribution in [1.82, 2.24) is 4.98 Å². The molecule has 38 heavy (non-hydrogen) atoms. The number of hydrogen-bond acceptors (Lipinski definition) is 4. The Balaban J connectivity index is 1.83. The number of thiazole rings is 1. The smallest absolute Gasteiger partial charge is 0.417 e. The van der Waals surface area contributed by atoms with Crippen LogP contribution in [-0.4, -0.2) is 21.7 Å². The summed E-state index contributed by atoms with van der Waals surface area (Å²) in [4.78, 5) is 17.0. The Labute approximate surface area is 226 Å². The maximum atomic E-state index is 13.6. The van der Waals surface area contributed by atoms with Gasteiger partial charge in [0.25, 0.3) is 0 Å². The van der Waals surface area contributed by atoms with Crippen LogP contribution in [0.5, 0.6) is 5.75 Å². The minimum absolute atomic E-state index is 0.116. The highest BCUT2D eigenvalue weighted by Gasteiger charge is 2.34. The Hall–Kier alpha value is -3.13. The molecule has 0 unspecified atom stereocenters. The molecule has 0 atom stereocenters. The molecule has 0 aliphatic carbocycles. The molecule has 0 spiro atoms. The summed E-state index contributed by atoms with van der Waals surface area (Å²) in [5.74, 6) is -0.549. The number of carboxylic acid groups (broad SMARTS) is 1. The Morgan fingerprint density at radius 2 is 1.84 bits per heavy atom. The van der Waals surface area contributed by atoms with Crippen LogP contribution in [0.2, 0.25) is 0 Å². The quantitative estimate of drug-likeness (QED) is 0.231. The normalized spacial score (nSPS) is 12.3. The fourth-order valence-corrected chi connectivity index (χ4v) is 5.12. The van der Waals surface area contributed by atoms with E-state index in [4.69, 9.17) is 4.74 Å². The number of alkyl halides is 3. The molecular weight excluding hydrogens is 511 g/mol. The van der Waals surface area contributed by atoms with Crippen LogP contribution in [0.25, 0.3) is 16.6 Å². The van der Waals surface area contributed by atoms with E-state index in [0.717, 1.165) is 59.9 Å². The maximum absolute atomic E-state index is 13.6. The highest BCUT2D eigenvalue weighted by Crippen LogP contribution is 2.39. The molecular formula is C30H34F3NO3S. The number of nitrogens with zero attached hydrogens (tertiary/aromatic N) is 1. The number of carboxylic acids is 1. The van der Waals surface area contributed by atoms with Crippen molar-refractivity contribution in [3.63, 3.8) is 0 Å². The summed E-state index contributed by atoms with van der Waals surface area (Å²) < 4.78 is 46.6. The van der Waals surface area contributed by atoms with Gasteiger partial charge in [0, 0.05) is 16.9 Å². The summed E-state index contributed by atoms with van der Waals surface area (Å²) >= 11 is 1.32. The van der Waals surface area contributed by atoms with Crippen LogP contribution in [0, 0.1) is 6.92 Å². The summed E-state index contributed by atoms with van der Waals surface area (Å²) in [6.07, 6.45) is 5.00. The summed E-state index contributed by atoms with van der Waals surface area (Å²) in [5.41, 5.74) is 0.687. The van der Waals surface area contributed by atoms with Gasteiger partial charge >= 0.3 is 12.1 Å². The molecule has 204 valence electrons. The number of carbonyl (C=O) groups is 1. The molecule has 0 aliphatic heterocycles. The minimum Gasteiger partial charge on any atom is -0.478 e. The Bertz CT molecular complexity index is 1280. The van der Waals surface area contributed by atoms with E-state index in [-0.39, 0.29) is 5.56 Å². The number of halogens is 3. The van der Waals surface area contributed by atoms with E-state index < -0.39 is 23.3 Å². The lowest BCUT2D eigenvalue weighted by molar-refractivity contribution is -0.152. The zero-order valence-corrected chi connectivity index (χ0v) is 23.0. The van der Waals surface area contributed by atoms with E-state index in [2.05, 4.69) is 11.9 Å². The van der Waals surface area contributed by atoms with Crippen LogP contribution in [-0.2, 0) is 23.8 Å². The lowest BCUT2D eigenvalue weighted by Crippen LogP contribution is -2.38. The second-order valence-corrected chi connectivity index (χ2v) is 10.9. The van der Waals surface area contributed by atoms with Crippen molar-refractivity contribution in [2.24, 2.45) is 0 Å². The van der Waals surface area contributed by atoms with Crippen LogP contribution < -0.4 is 4.74 Å². The average Bonchev–Trinajstić information content (AvgIpc) is 3.25. The van der Waals surface area contributed by atoms with Crippen LogP contribution in [0.15, 0.2) is 48.5 Å². The first kappa shape index (κ1) is 29.4. The Kier molecular flexibility index (Phi) is 9.77. The average molecular weight is 546 g/mol. The summed E-state index contributed by atoms with van der Waals surface area (Å²) in [7, 11) is 0. The second kappa shape index (κ2) is 12.6. The van der Waals surface area contributed by atoms with Crippen molar-refractivity contribution in [2.45, 2.75) is 78.0 Å². The number of aliphatic carboxylic acids is 1. The number of ether oxygens (including phenoxy) is 1. The lowest BCUT2D eigenvalue weighted by atomic mass is 10.1. The Morgan fingerprint density at radius 3 is 2.50 bits per heavy atom. The van der Waals surface area contributed by atoms with Crippen molar-refractivity contribution < 1.29 is 27.8 Å². The summed E-state index contributed by atoms with van der Waals surface area (Å²) in [6, 6.07) is 11.1. The van der Waals surface area contributed by atoms with Crippen LogP contribution >= 0.6 is 11.3 Å². The lowest BCUT2D eigenvalue weighted by Gasteiger charge is -2.22. The highest BCUT2D eigenvalue weighted by molar-refractivity contribution is 7.15. The van der Waals surface area contributed by atoms with Crippen molar-refractivity contribution in [3.05, 3.63) is 75.8 Å². The molecule has 0 fully saturated rings. The molecule has 1 aromatic heterocycles. The number of allylic oxidation sites excluding steroid dienone is 1. The molecule has 2 aromatic carbocycles. The third kappa shape index (κ3) is 7.69. The van der Waals surface area contributed by atoms with Gasteiger partial charge in [-0.2, -0.15) is 13.2 Å². The second-order valence-electron chi connectivity index (χ2n) is 9.79. The van der Waals surface area contributed by atoms with Crippen LogP contribution in [0.3, 0.4) is 0 Å². The van der Waals surface area contributed by atoms with Gasteiger partial charge in [-0.05, 0) is 62.9 Å². The van der Waals surface area contributed by atoms with Gasteiger partial charge in [-0.15, -0.1) is 11.3 Å². The molecule has 0 saturated carbocycles. The number of rotatable bonds is 12. The Morgan fingerprint density at radius 1 is 1.11 bits per heavy atom. The minimum atomic E-state index is -4.45. The first-order valence-corrected chi connectivity index (χ1v) is 13.6. The molecule has 1 N–H and O–H groups in total. The van der Waals surface area contributed by atoms with Crippen molar-refractivity contribution in [1.29, 1.82) is 0 Å². The topological polar surface area (TPSA) is 59.4 Å². The maximum Gasteiger partial charge on any atom is 0.417 e. The van der Waals surface area contributed by atoms with Crippen LogP contribution in [0.1, 0.15) is 73.7 Å². The van der Waals surface area contributed by atoms with Gasteiger partial charge in [0.15, 0.2) is 5.60 Å². The standard InChI is InChI=1S/C30H34F3NO3S/c1-5-6-7-8-15-24-26(38-27(34-24)22-13-9-10-14-23(22)30(31,32)33)16-11-12-21-17-18-25(20(2)19-21)37-29(3,4)28(35)36/h9-14,17-19H,5-8,15-16H2,1-4H3,(H,35,36). The highest BCUT2D eigenvalue weighted by atomic mass is 32.1. The van der Waals surface area contributed by atoms with E-state index in [1.807, 2.05) is 31.2 Å². The molecule has 0 bridgehead atoms. The molecule has 1 heterocycles. The third-order valence-electron chi connectivity index (χ3n) is 6.20. The van der Waals surface area contributed by atoms with Gasteiger partial charge in [0.2, 0.25) is 0 Å². The zero-order valence-electron chi connectivity index (χ0n) is 22.2. The monoisotopic (exact) mass is 545 g/mol. The van der Waals surface area contributed by atoms with Crippen LogP contribution in [0.4, 0.5) is 13.2 Å². The molecule has 0 aliphatic rings. The van der Waals surface area contributed by atoms with E-state index in [9.17, 15) is 23.1 Å². The van der Waals surface area contributed by atoms with Gasteiger partial charge in [-0.3, -0.25) is 0 Å². The summed E-state index contributed by atoms with van der Waals surface area (Å²) in [6.45, 7) is 6.99. The third-order valence-corrected chi connectivity index (χ3v) is 7.35. The van der Waals surface area contributed by atoms with Crippen molar-refractivity contribution >= 4 is 23.4 Å². The molecule has 4 nitrogen and oxygen atoms in total. The number of hydrogen-bond donors (Lipinski definition) is 1. The number of unbranched alkanes of at least 4 members (excludes halogenated alkanes) is 3. The first-order valence-electron chi connectivity index (χ1n) is 12.8. The number of benzene rings is 2. The van der Waals surface area contributed by atoms with E-state index in [1.54, 1.807) is 12.1 Å². The summed E-state index contributed by atoms with van der Waals surface area (Å²) in [5, 5.41) is 9.70. The van der Waals surface area contributed by atoms with Gasteiger partial charge in [0.1, 0.15) is 10.8 Å². The fraction of sp³-hybridized carbons (Fsp3) is 0.400. The predicted molar refractivity (Wildman–Crippen MR) is 147 cm³/mol. The zero-order chi connectivity index (χ0) is 27.9. The van der Waals surface area contributed by atoms with Gasteiger partial charge in [-0.25, -0.2) is 9.78 Å². The molecule has 3 aromatic rings. The van der Waals surface area contributed by atoms with Crippen molar-refractivity contribution in [3.8, 4) is 16.3 Å². The molecule has 3 rings (SSSR count). The number of aromatic nitrogens is 1.